The van der Waals surface area contributed by atoms with E-state index in [4.69, 9.17) is 26.3 Å². The van der Waals surface area contributed by atoms with E-state index in [9.17, 15) is 0 Å². The number of rotatable bonds is 7. The number of halogens is 1. The van der Waals surface area contributed by atoms with Crippen molar-refractivity contribution >= 4 is 34.4 Å². The van der Waals surface area contributed by atoms with Gasteiger partial charge in [-0.1, -0.05) is 65.8 Å². The summed E-state index contributed by atoms with van der Waals surface area (Å²) in [6.45, 7) is 2.22. The molecule has 164 valence electrons. The minimum atomic E-state index is 0.237. The highest BCUT2D eigenvalue weighted by Crippen LogP contribution is 2.28. The lowest BCUT2D eigenvalue weighted by atomic mass is 10.2. The van der Waals surface area contributed by atoms with Gasteiger partial charge in [-0.15, -0.1) is 10.2 Å². The summed E-state index contributed by atoms with van der Waals surface area (Å²) in [5.41, 5.74) is 4.58. The summed E-state index contributed by atoms with van der Waals surface area (Å²) in [6.07, 6.45) is 0. The number of aryl methyl sites for hydroxylation is 1. The van der Waals surface area contributed by atoms with E-state index in [2.05, 4.69) is 10.2 Å². The Bertz CT molecular complexity index is 1410. The molecule has 0 amide bonds. The molecule has 2 aromatic heterocycles. The van der Waals surface area contributed by atoms with Gasteiger partial charge in [0.15, 0.2) is 11.0 Å². The number of nitrogens with zero attached hydrogens (tertiary/aromatic N) is 5. The van der Waals surface area contributed by atoms with Crippen LogP contribution in [0.3, 0.4) is 0 Å². The van der Waals surface area contributed by atoms with Crippen LogP contribution >= 0.6 is 23.4 Å². The smallest absolute Gasteiger partial charge is 0.196 e. The molecule has 5 rings (SSSR count). The zero-order valence-corrected chi connectivity index (χ0v) is 19.4. The topological polar surface area (TPSA) is 65.7 Å². The lowest BCUT2D eigenvalue weighted by Crippen LogP contribution is -2.07. The van der Waals surface area contributed by atoms with E-state index in [0.29, 0.717) is 22.3 Å². The summed E-state index contributed by atoms with van der Waals surface area (Å²) in [4.78, 5) is 9.50. The van der Waals surface area contributed by atoms with Crippen molar-refractivity contribution in [1.29, 1.82) is 0 Å². The number of hydrogen-bond donors (Lipinski definition) is 0. The average Bonchev–Trinajstić information content (AvgIpc) is 3.25. The van der Waals surface area contributed by atoms with Crippen LogP contribution in [0.25, 0.3) is 16.7 Å². The number of hydrogen-bond acceptors (Lipinski definition) is 6. The molecule has 0 saturated heterocycles. The molecule has 0 bridgehead atoms. The van der Waals surface area contributed by atoms with Crippen LogP contribution < -0.4 is 4.74 Å². The van der Waals surface area contributed by atoms with Crippen LogP contribution in [0.5, 0.6) is 5.75 Å². The average molecular weight is 474 g/mol. The van der Waals surface area contributed by atoms with Crippen LogP contribution in [0.15, 0.2) is 84.0 Å². The molecule has 0 aliphatic heterocycles. The molecule has 33 heavy (non-hydrogen) atoms. The van der Waals surface area contributed by atoms with E-state index < -0.39 is 0 Å². The predicted molar refractivity (Wildman–Crippen MR) is 131 cm³/mol. The number of fused-ring (bicyclic) bond motifs is 1. The summed E-state index contributed by atoms with van der Waals surface area (Å²) in [7, 11) is 0. The van der Waals surface area contributed by atoms with Crippen LogP contribution in [0.1, 0.15) is 17.2 Å². The zero-order valence-electron chi connectivity index (χ0n) is 17.9. The van der Waals surface area contributed by atoms with Crippen molar-refractivity contribution in [2.24, 2.45) is 0 Å². The fourth-order valence-corrected chi connectivity index (χ4v) is 4.59. The van der Waals surface area contributed by atoms with Gasteiger partial charge in [-0.2, -0.15) is 0 Å². The monoisotopic (exact) mass is 473 g/mol. The molecular formula is C25H20ClN5OS. The van der Waals surface area contributed by atoms with Crippen molar-refractivity contribution in [3.63, 3.8) is 0 Å². The molecule has 0 radical (unpaired) electrons. The Morgan fingerprint density at radius 3 is 2.33 bits per heavy atom. The Balaban J connectivity index is 1.43. The third kappa shape index (κ3) is 4.69. The Morgan fingerprint density at radius 1 is 0.848 bits per heavy atom. The number of ether oxygens (including phenoxy) is 1. The van der Waals surface area contributed by atoms with Gasteiger partial charge in [0.05, 0.1) is 27.4 Å². The molecule has 6 nitrogen and oxygen atoms in total. The minimum Gasteiger partial charge on any atom is -0.484 e. The normalized spacial score (nSPS) is 11.1. The summed E-state index contributed by atoms with van der Waals surface area (Å²) in [5, 5.41) is 10.2. The predicted octanol–water partition coefficient (Wildman–Crippen LogP) is 6.04. The van der Waals surface area contributed by atoms with Crippen LogP contribution in [0.4, 0.5) is 0 Å². The molecule has 0 atom stereocenters. The minimum absolute atomic E-state index is 0.237. The standard InChI is InChI=1S/C25H20ClN5OS/c1-17-22(28-21-13-7-6-12-20(21)27-17)16-33-25-30-29-24(31(25)18-9-3-2-4-10-18)15-32-23-14-8-5-11-19(23)26/h2-14H,15-16H2,1H3. The van der Waals surface area contributed by atoms with Crippen molar-refractivity contribution in [1.82, 2.24) is 24.7 Å². The maximum Gasteiger partial charge on any atom is 0.196 e. The van der Waals surface area contributed by atoms with Crippen LogP contribution in [0, 0.1) is 6.92 Å². The molecule has 3 aromatic carbocycles. The number of para-hydroxylation sites is 4. The van der Waals surface area contributed by atoms with Crippen molar-refractivity contribution in [2.75, 3.05) is 0 Å². The number of aromatic nitrogens is 5. The highest BCUT2D eigenvalue weighted by atomic mass is 35.5. The van der Waals surface area contributed by atoms with Gasteiger partial charge >= 0.3 is 0 Å². The first-order valence-corrected chi connectivity index (χ1v) is 11.8. The molecule has 0 fully saturated rings. The molecule has 5 aromatic rings. The van der Waals surface area contributed by atoms with Gasteiger partial charge in [-0.05, 0) is 43.3 Å². The van der Waals surface area contributed by atoms with Crippen molar-refractivity contribution in [3.8, 4) is 11.4 Å². The second-order valence-electron chi connectivity index (χ2n) is 7.32. The lowest BCUT2D eigenvalue weighted by molar-refractivity contribution is 0.293. The first-order valence-electron chi connectivity index (χ1n) is 10.4. The van der Waals surface area contributed by atoms with Gasteiger partial charge < -0.3 is 4.74 Å². The molecule has 8 heteroatoms. The first kappa shape index (κ1) is 21.4. The first-order chi connectivity index (χ1) is 16.2. The molecule has 0 aliphatic carbocycles. The summed E-state index contributed by atoms with van der Waals surface area (Å²) in [6, 6.07) is 25.3. The van der Waals surface area contributed by atoms with Crippen molar-refractivity contribution in [2.45, 2.75) is 24.4 Å². The third-order valence-corrected chi connectivity index (χ3v) is 6.34. The third-order valence-electron chi connectivity index (χ3n) is 5.09. The molecular weight excluding hydrogens is 454 g/mol. The molecule has 0 saturated carbocycles. The van der Waals surface area contributed by atoms with Gasteiger partial charge in [0, 0.05) is 11.4 Å². The maximum atomic E-state index is 6.24. The Hall–Kier alpha value is -3.42. The van der Waals surface area contributed by atoms with Crippen molar-refractivity contribution < 1.29 is 4.74 Å². The van der Waals surface area contributed by atoms with Crippen LogP contribution in [-0.4, -0.2) is 24.7 Å². The molecule has 2 heterocycles. The van der Waals surface area contributed by atoms with Crippen LogP contribution in [0.2, 0.25) is 5.02 Å². The molecule has 0 spiro atoms. The summed E-state index contributed by atoms with van der Waals surface area (Å²) < 4.78 is 7.95. The molecule has 0 aliphatic rings. The van der Waals surface area contributed by atoms with Gasteiger partial charge in [-0.25, -0.2) is 9.97 Å². The van der Waals surface area contributed by atoms with Crippen LogP contribution in [-0.2, 0) is 12.4 Å². The summed E-state index contributed by atoms with van der Waals surface area (Å²) >= 11 is 7.81. The zero-order chi connectivity index (χ0) is 22.6. The number of benzene rings is 3. The van der Waals surface area contributed by atoms with E-state index in [-0.39, 0.29) is 6.61 Å². The SMILES string of the molecule is Cc1nc2ccccc2nc1CSc1nnc(COc2ccccc2Cl)n1-c1ccccc1. The maximum absolute atomic E-state index is 6.24. The fraction of sp³-hybridized carbons (Fsp3) is 0.120. The van der Waals surface area contributed by atoms with Gasteiger partial charge in [0.1, 0.15) is 12.4 Å². The largest absolute Gasteiger partial charge is 0.484 e. The Kier molecular flexibility index (Phi) is 6.24. The lowest BCUT2D eigenvalue weighted by Gasteiger charge is -2.12. The van der Waals surface area contributed by atoms with Gasteiger partial charge in [0.25, 0.3) is 0 Å². The Morgan fingerprint density at radius 2 is 1.55 bits per heavy atom. The number of thioether (sulfide) groups is 1. The highest BCUT2D eigenvalue weighted by Gasteiger charge is 2.17. The Labute approximate surface area is 200 Å². The van der Waals surface area contributed by atoms with E-state index in [1.54, 1.807) is 17.8 Å². The van der Waals surface area contributed by atoms with E-state index in [0.717, 1.165) is 33.3 Å². The summed E-state index contributed by atoms with van der Waals surface area (Å²) in [5.74, 6) is 1.92. The fourth-order valence-electron chi connectivity index (χ4n) is 3.42. The van der Waals surface area contributed by atoms with E-state index in [1.807, 2.05) is 84.3 Å². The molecule has 0 N–H and O–H groups in total. The second kappa shape index (κ2) is 9.60. The van der Waals surface area contributed by atoms with E-state index in [1.165, 1.54) is 0 Å². The van der Waals surface area contributed by atoms with E-state index >= 15 is 0 Å². The van der Waals surface area contributed by atoms with Gasteiger partial charge in [0.2, 0.25) is 0 Å². The van der Waals surface area contributed by atoms with Gasteiger partial charge in [-0.3, -0.25) is 4.57 Å². The second-order valence-corrected chi connectivity index (χ2v) is 8.67. The highest BCUT2D eigenvalue weighted by molar-refractivity contribution is 7.98. The van der Waals surface area contributed by atoms with Crippen molar-refractivity contribution in [3.05, 3.63) is 101 Å². The quantitative estimate of drug-likeness (QED) is 0.268. The molecule has 0 unspecified atom stereocenters.